The fourth-order valence-corrected chi connectivity index (χ4v) is 2.66. The van der Waals surface area contributed by atoms with Gasteiger partial charge < -0.3 is 9.47 Å². The van der Waals surface area contributed by atoms with Gasteiger partial charge in [-0.15, -0.1) is 0 Å². The van der Waals surface area contributed by atoms with Crippen molar-refractivity contribution in [2.75, 3.05) is 13.2 Å². The first-order valence-electron chi connectivity index (χ1n) is 7.61. The van der Waals surface area contributed by atoms with E-state index >= 15 is 0 Å². The molecular formula is C17H21NO3S. The van der Waals surface area contributed by atoms with Crippen LogP contribution in [0, 0.1) is 0 Å². The van der Waals surface area contributed by atoms with Crippen molar-refractivity contribution in [1.29, 1.82) is 0 Å². The quantitative estimate of drug-likeness (QED) is 0.556. The third kappa shape index (κ3) is 4.91. The predicted molar refractivity (Wildman–Crippen MR) is 91.1 cm³/mol. The van der Waals surface area contributed by atoms with Gasteiger partial charge in [-0.3, -0.25) is 4.79 Å². The maximum atomic E-state index is 11.9. The Morgan fingerprint density at radius 2 is 2.09 bits per heavy atom. The summed E-state index contributed by atoms with van der Waals surface area (Å²) in [5, 5.41) is 0.337. The van der Waals surface area contributed by atoms with Crippen molar-refractivity contribution in [2.45, 2.75) is 33.1 Å². The molecule has 4 nitrogen and oxygen atoms in total. The van der Waals surface area contributed by atoms with Gasteiger partial charge in [0.2, 0.25) is 5.12 Å². The summed E-state index contributed by atoms with van der Waals surface area (Å²) in [5.74, 6) is 0.817. The summed E-state index contributed by atoms with van der Waals surface area (Å²) >= 11 is 1.03. The third-order valence-corrected chi connectivity index (χ3v) is 3.83. The minimum absolute atomic E-state index is 0.0854. The molecule has 0 unspecified atom stereocenters. The summed E-state index contributed by atoms with van der Waals surface area (Å²) in [6.07, 6.45) is 5.17. The van der Waals surface area contributed by atoms with Gasteiger partial charge in [-0.2, -0.15) is 0 Å². The molecule has 1 heterocycles. The second-order valence-electron chi connectivity index (χ2n) is 4.86. The van der Waals surface area contributed by atoms with Gasteiger partial charge in [0.05, 0.1) is 13.2 Å². The molecule has 0 saturated heterocycles. The molecule has 0 spiro atoms. The Labute approximate surface area is 135 Å². The first-order chi connectivity index (χ1) is 10.7. The van der Waals surface area contributed by atoms with E-state index < -0.39 is 0 Å². The number of aliphatic imine (C=N–C) groups is 1. The van der Waals surface area contributed by atoms with E-state index in [1.165, 1.54) is 12.8 Å². The number of benzene rings is 1. The molecule has 1 aromatic rings. The zero-order chi connectivity index (χ0) is 15.8. The van der Waals surface area contributed by atoms with Crippen LogP contribution in [0.5, 0.6) is 5.75 Å². The Bertz CT molecular complexity index is 581. The lowest BCUT2D eigenvalue weighted by atomic mass is 10.2. The molecule has 2 rings (SSSR count). The Kier molecular flexibility index (Phi) is 6.52. The van der Waals surface area contributed by atoms with Crippen molar-refractivity contribution < 1.29 is 14.3 Å². The van der Waals surface area contributed by atoms with Gasteiger partial charge in [0.15, 0.2) is 0 Å². The number of nitrogens with zero attached hydrogens (tertiary/aromatic N) is 1. The van der Waals surface area contributed by atoms with Gasteiger partial charge in [-0.25, -0.2) is 4.99 Å². The molecule has 22 heavy (non-hydrogen) atoms. The Morgan fingerprint density at radius 3 is 2.86 bits per heavy atom. The molecule has 0 N–H and O–H groups in total. The molecule has 0 radical (unpaired) electrons. The maximum Gasteiger partial charge on any atom is 0.259 e. The molecule has 0 bridgehead atoms. The van der Waals surface area contributed by atoms with Gasteiger partial charge in [0.1, 0.15) is 11.4 Å². The molecule has 0 amide bonds. The number of rotatable bonds is 7. The number of carbonyl (C=O) groups is 1. The summed E-state index contributed by atoms with van der Waals surface area (Å²) in [6, 6.07) is 7.69. The molecule has 118 valence electrons. The maximum absolute atomic E-state index is 11.9. The topological polar surface area (TPSA) is 47.9 Å². The van der Waals surface area contributed by atoms with Crippen LogP contribution >= 0.6 is 11.8 Å². The number of ether oxygens (including phenoxy) is 2. The van der Waals surface area contributed by atoms with Gasteiger partial charge in [-0.05, 0) is 37.1 Å². The Balaban J connectivity index is 2.03. The summed E-state index contributed by atoms with van der Waals surface area (Å²) in [7, 11) is 0. The highest BCUT2D eigenvalue weighted by molar-refractivity contribution is 8.26. The van der Waals surface area contributed by atoms with E-state index in [0.717, 1.165) is 36.1 Å². The number of thioether (sulfide) groups is 1. The summed E-state index contributed by atoms with van der Waals surface area (Å²) in [5.41, 5.74) is 1.31. The molecule has 5 heteroatoms. The van der Waals surface area contributed by atoms with Gasteiger partial charge in [0.25, 0.3) is 5.23 Å². The molecule has 1 aliphatic heterocycles. The molecule has 1 aliphatic rings. The van der Waals surface area contributed by atoms with Gasteiger partial charge in [-0.1, -0.05) is 31.9 Å². The first kappa shape index (κ1) is 16.6. The SMILES string of the molecule is CCCCCOc1cccc(/C=C2/N=C(OCC)SC2=O)c1. The number of carbonyl (C=O) groups excluding carboxylic acids is 1. The minimum Gasteiger partial charge on any atom is -0.494 e. The monoisotopic (exact) mass is 319 g/mol. The zero-order valence-corrected chi connectivity index (χ0v) is 13.8. The van der Waals surface area contributed by atoms with Crippen LogP contribution < -0.4 is 4.74 Å². The molecular weight excluding hydrogens is 298 g/mol. The average molecular weight is 319 g/mol. The highest BCUT2D eigenvalue weighted by atomic mass is 32.2. The lowest BCUT2D eigenvalue weighted by Crippen LogP contribution is -1.97. The van der Waals surface area contributed by atoms with E-state index in [1.54, 1.807) is 6.08 Å². The second kappa shape index (κ2) is 8.63. The van der Waals surface area contributed by atoms with Crippen LogP contribution in [-0.4, -0.2) is 23.6 Å². The normalized spacial score (nSPS) is 16.0. The molecule has 1 aromatic carbocycles. The van der Waals surface area contributed by atoms with Crippen LogP contribution in [-0.2, 0) is 9.53 Å². The number of unbranched alkanes of at least 4 members (excludes halogenated alkanes) is 2. The smallest absolute Gasteiger partial charge is 0.259 e. The van der Waals surface area contributed by atoms with Crippen LogP contribution in [0.2, 0.25) is 0 Å². The average Bonchev–Trinajstić information content (AvgIpc) is 2.84. The van der Waals surface area contributed by atoms with E-state index in [4.69, 9.17) is 9.47 Å². The van der Waals surface area contributed by atoms with Crippen molar-refractivity contribution in [3.8, 4) is 5.75 Å². The lowest BCUT2D eigenvalue weighted by Gasteiger charge is -2.06. The van der Waals surface area contributed by atoms with Crippen molar-refractivity contribution in [3.63, 3.8) is 0 Å². The van der Waals surface area contributed by atoms with E-state index in [9.17, 15) is 4.79 Å². The highest BCUT2D eigenvalue weighted by Crippen LogP contribution is 2.26. The van der Waals surface area contributed by atoms with Gasteiger partial charge >= 0.3 is 0 Å². The summed E-state index contributed by atoms with van der Waals surface area (Å²) in [6.45, 7) is 5.26. The van der Waals surface area contributed by atoms with Crippen molar-refractivity contribution in [3.05, 3.63) is 35.5 Å². The molecule has 0 atom stereocenters. The molecule has 0 fully saturated rings. The lowest BCUT2D eigenvalue weighted by molar-refractivity contribution is -0.107. The Morgan fingerprint density at radius 1 is 1.23 bits per heavy atom. The van der Waals surface area contributed by atoms with Crippen LogP contribution in [0.15, 0.2) is 35.0 Å². The second-order valence-corrected chi connectivity index (χ2v) is 5.78. The highest BCUT2D eigenvalue weighted by Gasteiger charge is 2.23. The van der Waals surface area contributed by atoms with Crippen LogP contribution in [0.4, 0.5) is 0 Å². The summed E-state index contributed by atoms with van der Waals surface area (Å²) in [4.78, 5) is 16.1. The molecule has 0 aromatic heterocycles. The fraction of sp³-hybridized carbons (Fsp3) is 0.412. The predicted octanol–water partition coefficient (Wildman–Crippen LogP) is 4.26. The largest absolute Gasteiger partial charge is 0.494 e. The van der Waals surface area contributed by atoms with Crippen LogP contribution in [0.1, 0.15) is 38.7 Å². The standard InChI is InChI=1S/C17H21NO3S/c1-3-5-6-10-21-14-9-7-8-13(11-14)12-15-16(19)22-17(18-15)20-4-2/h7-9,11-12H,3-6,10H2,1-2H3/b15-12+. The molecule has 0 aliphatic carbocycles. The van der Waals surface area contributed by atoms with Crippen molar-refractivity contribution in [2.24, 2.45) is 4.99 Å². The van der Waals surface area contributed by atoms with Crippen molar-refractivity contribution in [1.82, 2.24) is 0 Å². The molecule has 0 saturated carbocycles. The van der Waals surface area contributed by atoms with E-state index in [2.05, 4.69) is 11.9 Å². The number of hydrogen-bond donors (Lipinski definition) is 0. The minimum atomic E-state index is -0.0854. The third-order valence-electron chi connectivity index (χ3n) is 3.05. The van der Waals surface area contributed by atoms with Crippen LogP contribution in [0.3, 0.4) is 0 Å². The Hall–Kier alpha value is -1.75. The first-order valence-corrected chi connectivity index (χ1v) is 8.42. The van der Waals surface area contributed by atoms with Crippen molar-refractivity contribution >= 4 is 28.2 Å². The van der Waals surface area contributed by atoms with Gasteiger partial charge in [0, 0.05) is 11.8 Å². The van der Waals surface area contributed by atoms with Crippen LogP contribution in [0.25, 0.3) is 6.08 Å². The summed E-state index contributed by atoms with van der Waals surface area (Å²) < 4.78 is 11.0. The van der Waals surface area contributed by atoms with E-state index in [1.807, 2.05) is 31.2 Å². The fourth-order valence-electron chi connectivity index (χ4n) is 1.97. The van der Waals surface area contributed by atoms with E-state index in [-0.39, 0.29) is 5.12 Å². The number of hydrogen-bond acceptors (Lipinski definition) is 5. The zero-order valence-electron chi connectivity index (χ0n) is 13.0. The van der Waals surface area contributed by atoms with E-state index in [0.29, 0.717) is 17.5 Å².